The van der Waals surface area contributed by atoms with Gasteiger partial charge in [0.15, 0.2) is 0 Å². The Morgan fingerprint density at radius 2 is 1.65 bits per heavy atom. The van der Waals surface area contributed by atoms with E-state index in [1.54, 1.807) is 0 Å². The number of halogens is 1. The largest absolute Gasteiger partial charge is 0.369 e. The lowest BCUT2D eigenvalue weighted by molar-refractivity contribution is -0.124. The first-order valence-electron chi connectivity index (χ1n) is 13.1. The van der Waals surface area contributed by atoms with E-state index >= 15 is 0 Å². The molecule has 0 aromatic heterocycles. The zero-order valence-corrected chi connectivity index (χ0v) is 21.5. The standard InChI is InChI=1S/C30H31ClN4O2/c31-22-7-5-8-23(20-22)34-18-16-33(17-19-34)15-13-32-29(36)27-25-10-3-4-11-26(25)30(37)35-14-12-21-6-1-2-9-24(21)28(27)35/h1-11,20,27-28H,12-19H2,(H,32,36)/t27-,28+/m1/s1. The van der Waals surface area contributed by atoms with Gasteiger partial charge in [-0.25, -0.2) is 0 Å². The maximum Gasteiger partial charge on any atom is 0.254 e. The van der Waals surface area contributed by atoms with Crippen molar-refractivity contribution in [1.29, 1.82) is 0 Å². The van der Waals surface area contributed by atoms with Crippen LogP contribution in [0.2, 0.25) is 5.02 Å². The maximum absolute atomic E-state index is 13.8. The third kappa shape index (κ3) is 4.60. The third-order valence-corrected chi connectivity index (χ3v) is 8.22. The average molecular weight is 515 g/mol. The van der Waals surface area contributed by atoms with Gasteiger partial charge in [-0.2, -0.15) is 0 Å². The first-order chi connectivity index (χ1) is 18.1. The van der Waals surface area contributed by atoms with E-state index < -0.39 is 5.92 Å². The molecule has 6 nitrogen and oxygen atoms in total. The molecule has 3 aliphatic rings. The number of hydrogen-bond acceptors (Lipinski definition) is 4. The highest BCUT2D eigenvalue weighted by atomic mass is 35.5. The fourth-order valence-corrected chi connectivity index (χ4v) is 6.29. The van der Waals surface area contributed by atoms with Crippen molar-refractivity contribution < 1.29 is 9.59 Å². The Bertz CT molecular complexity index is 1320. The highest BCUT2D eigenvalue weighted by molar-refractivity contribution is 6.30. The van der Waals surface area contributed by atoms with Crippen molar-refractivity contribution in [2.45, 2.75) is 18.4 Å². The Kier molecular flexibility index (Phi) is 6.61. The van der Waals surface area contributed by atoms with Crippen LogP contribution < -0.4 is 10.2 Å². The van der Waals surface area contributed by atoms with Crippen LogP contribution in [-0.2, 0) is 11.2 Å². The van der Waals surface area contributed by atoms with Gasteiger partial charge in [0.25, 0.3) is 5.91 Å². The van der Waals surface area contributed by atoms with E-state index in [0.717, 1.165) is 61.0 Å². The van der Waals surface area contributed by atoms with E-state index in [1.165, 1.54) is 5.56 Å². The van der Waals surface area contributed by atoms with Crippen molar-refractivity contribution in [2.24, 2.45) is 0 Å². The zero-order chi connectivity index (χ0) is 25.4. The summed E-state index contributed by atoms with van der Waals surface area (Å²) in [5, 5.41) is 3.98. The number of hydrogen-bond donors (Lipinski definition) is 1. The van der Waals surface area contributed by atoms with Gasteiger partial charge < -0.3 is 15.1 Å². The molecule has 0 radical (unpaired) electrons. The van der Waals surface area contributed by atoms with Crippen LogP contribution >= 0.6 is 11.6 Å². The quantitative estimate of drug-likeness (QED) is 0.556. The monoisotopic (exact) mass is 514 g/mol. The molecule has 3 aromatic rings. The summed E-state index contributed by atoms with van der Waals surface area (Å²) in [6, 6.07) is 23.6. The van der Waals surface area contributed by atoms with Gasteiger partial charge in [0.05, 0.1) is 12.0 Å². The fraction of sp³-hybridized carbons (Fsp3) is 0.333. The van der Waals surface area contributed by atoms with E-state index in [0.29, 0.717) is 18.7 Å². The van der Waals surface area contributed by atoms with Gasteiger partial charge in [-0.1, -0.05) is 60.1 Å². The Hall–Kier alpha value is -3.35. The van der Waals surface area contributed by atoms with Gasteiger partial charge in [0, 0.05) is 62.1 Å². The second-order valence-electron chi connectivity index (χ2n) is 10.1. The number of carbonyl (C=O) groups excluding carboxylic acids is 2. The molecule has 1 saturated heterocycles. The smallest absolute Gasteiger partial charge is 0.254 e. The van der Waals surface area contributed by atoms with Crippen LogP contribution in [0.5, 0.6) is 0 Å². The van der Waals surface area contributed by atoms with Crippen LogP contribution in [0, 0.1) is 0 Å². The summed E-state index contributed by atoms with van der Waals surface area (Å²) in [7, 11) is 0. The summed E-state index contributed by atoms with van der Waals surface area (Å²) in [6.45, 7) is 5.75. The SMILES string of the molecule is O=C(NCCN1CCN(c2cccc(Cl)c2)CC1)[C@@H]1c2ccccc2C(=O)N2CCc3ccccc3[C@@H]12. The van der Waals surface area contributed by atoms with Gasteiger partial charge in [-0.3, -0.25) is 14.5 Å². The molecule has 3 heterocycles. The van der Waals surface area contributed by atoms with Crippen molar-refractivity contribution in [3.05, 3.63) is 100 Å². The minimum atomic E-state index is -0.421. The Morgan fingerprint density at radius 3 is 2.46 bits per heavy atom. The predicted octanol–water partition coefficient (Wildman–Crippen LogP) is 4.12. The molecule has 0 spiro atoms. The number of benzene rings is 3. The molecule has 1 fully saturated rings. The van der Waals surface area contributed by atoms with Crippen molar-refractivity contribution >= 4 is 29.1 Å². The number of fused-ring (bicyclic) bond motifs is 4. The number of anilines is 1. The molecule has 6 rings (SSSR count). The van der Waals surface area contributed by atoms with Crippen LogP contribution in [0.1, 0.15) is 39.0 Å². The van der Waals surface area contributed by atoms with Crippen LogP contribution in [0.4, 0.5) is 5.69 Å². The molecule has 37 heavy (non-hydrogen) atoms. The molecule has 190 valence electrons. The van der Waals surface area contributed by atoms with Gasteiger partial charge in [-0.15, -0.1) is 0 Å². The minimum absolute atomic E-state index is 0.00998. The number of amides is 2. The fourth-order valence-electron chi connectivity index (χ4n) is 6.11. The van der Waals surface area contributed by atoms with Crippen LogP contribution in [-0.4, -0.2) is 67.4 Å². The van der Waals surface area contributed by atoms with E-state index in [9.17, 15) is 9.59 Å². The van der Waals surface area contributed by atoms with Crippen molar-refractivity contribution in [3.8, 4) is 0 Å². The third-order valence-electron chi connectivity index (χ3n) is 7.99. The summed E-state index contributed by atoms with van der Waals surface area (Å²) >= 11 is 6.17. The molecule has 1 N–H and O–H groups in total. The normalized spacial score (nSPS) is 21.2. The molecule has 0 bridgehead atoms. The molecule has 0 aliphatic carbocycles. The van der Waals surface area contributed by atoms with Gasteiger partial charge in [0.1, 0.15) is 0 Å². The second kappa shape index (κ2) is 10.2. The lowest BCUT2D eigenvalue weighted by Gasteiger charge is -2.45. The summed E-state index contributed by atoms with van der Waals surface area (Å²) < 4.78 is 0. The molecule has 2 atom stereocenters. The Balaban J connectivity index is 1.14. The van der Waals surface area contributed by atoms with Crippen LogP contribution in [0.3, 0.4) is 0 Å². The number of carbonyl (C=O) groups is 2. The van der Waals surface area contributed by atoms with E-state index in [-0.39, 0.29) is 17.9 Å². The first kappa shape index (κ1) is 24.0. The summed E-state index contributed by atoms with van der Waals surface area (Å²) in [4.78, 5) is 33.8. The van der Waals surface area contributed by atoms with Gasteiger partial charge in [-0.05, 0) is 47.4 Å². The van der Waals surface area contributed by atoms with Gasteiger partial charge in [0.2, 0.25) is 5.91 Å². The van der Waals surface area contributed by atoms with Crippen LogP contribution in [0.25, 0.3) is 0 Å². The zero-order valence-electron chi connectivity index (χ0n) is 20.8. The lowest BCUT2D eigenvalue weighted by Crippen LogP contribution is -2.51. The topological polar surface area (TPSA) is 55.9 Å². The maximum atomic E-state index is 13.8. The van der Waals surface area contributed by atoms with Crippen molar-refractivity contribution in [2.75, 3.05) is 50.7 Å². The Labute approximate surface area is 222 Å². The number of nitrogens with one attached hydrogen (secondary N) is 1. The molecule has 3 aromatic carbocycles. The summed E-state index contributed by atoms with van der Waals surface area (Å²) in [5.74, 6) is -0.407. The molecule has 7 heteroatoms. The van der Waals surface area contributed by atoms with E-state index in [2.05, 4.69) is 33.3 Å². The first-order valence-corrected chi connectivity index (χ1v) is 13.5. The highest BCUT2D eigenvalue weighted by Crippen LogP contribution is 2.45. The van der Waals surface area contributed by atoms with E-state index in [1.807, 2.05) is 59.5 Å². The molecule has 3 aliphatic heterocycles. The number of nitrogens with zero attached hydrogens (tertiary/aromatic N) is 3. The van der Waals surface area contributed by atoms with Gasteiger partial charge >= 0.3 is 0 Å². The predicted molar refractivity (Wildman–Crippen MR) is 146 cm³/mol. The molecule has 0 unspecified atom stereocenters. The molecule has 2 amide bonds. The number of rotatable bonds is 5. The minimum Gasteiger partial charge on any atom is -0.369 e. The molecular formula is C30H31ClN4O2. The molecular weight excluding hydrogens is 484 g/mol. The van der Waals surface area contributed by atoms with Crippen molar-refractivity contribution in [1.82, 2.24) is 15.1 Å². The Morgan fingerprint density at radius 1 is 0.892 bits per heavy atom. The van der Waals surface area contributed by atoms with E-state index in [4.69, 9.17) is 11.6 Å². The highest BCUT2D eigenvalue weighted by Gasteiger charge is 2.46. The average Bonchev–Trinajstić information content (AvgIpc) is 2.93. The summed E-state index contributed by atoms with van der Waals surface area (Å²) in [6.07, 6.45) is 0.816. The molecule has 0 saturated carbocycles. The number of piperazine rings is 1. The van der Waals surface area contributed by atoms with Crippen LogP contribution in [0.15, 0.2) is 72.8 Å². The summed E-state index contributed by atoms with van der Waals surface area (Å²) in [5.41, 5.74) is 4.96. The second-order valence-corrected chi connectivity index (χ2v) is 10.5. The van der Waals surface area contributed by atoms with Crippen molar-refractivity contribution in [3.63, 3.8) is 0 Å². The lowest BCUT2D eigenvalue weighted by atomic mass is 9.76.